The Hall–Kier alpha value is -3.11. The van der Waals surface area contributed by atoms with E-state index in [1.807, 2.05) is 54.6 Å². The van der Waals surface area contributed by atoms with E-state index in [-0.39, 0.29) is 5.91 Å². The monoisotopic (exact) mass is 486 g/mol. The zero-order valence-corrected chi connectivity index (χ0v) is 21.3. The molecule has 0 saturated heterocycles. The number of hydrogen-bond donors (Lipinski definition) is 3. The van der Waals surface area contributed by atoms with E-state index in [0.29, 0.717) is 21.4 Å². The van der Waals surface area contributed by atoms with Crippen LogP contribution in [-0.4, -0.2) is 67.8 Å². The number of ether oxygens (including phenoxy) is 1. The van der Waals surface area contributed by atoms with Gasteiger partial charge in [-0.05, 0) is 5.39 Å². The number of benzene rings is 3. The molecule has 3 aromatic rings. The number of aliphatic carboxylic acids is 2. The van der Waals surface area contributed by atoms with Crippen LogP contribution in [0.2, 0.25) is 0 Å². The van der Waals surface area contributed by atoms with Crippen molar-refractivity contribution in [1.82, 2.24) is 0 Å². The zero-order chi connectivity index (χ0) is 24.7. The number of nitrogens with one attached hydrogen (secondary N) is 1. The molecule has 0 bridgehead atoms. The number of rotatable bonds is 5. The van der Waals surface area contributed by atoms with Gasteiger partial charge in [0.05, 0.1) is 0 Å². The number of anilines is 1. The van der Waals surface area contributed by atoms with Gasteiger partial charge in [-0.3, -0.25) is 4.79 Å². The van der Waals surface area contributed by atoms with Crippen molar-refractivity contribution in [3.05, 3.63) is 71.1 Å². The minimum absolute atomic E-state index is 0.348. The summed E-state index contributed by atoms with van der Waals surface area (Å²) >= 11 is 2.22. The molecule has 4 rings (SSSR count). The summed E-state index contributed by atoms with van der Waals surface area (Å²) in [5.41, 5.74) is 1.49. The van der Waals surface area contributed by atoms with Gasteiger partial charge in [-0.2, -0.15) is 0 Å². The van der Waals surface area contributed by atoms with Crippen LogP contribution < -0.4 is 12.9 Å². The first kappa shape index (κ1) is 25.5. The molecular formula is C24H19N2NaO6S. The molecule has 168 valence electrons. The average Bonchev–Trinajstić information content (AvgIpc) is 3.12. The maximum absolute atomic E-state index is 12.4. The third-order valence-corrected chi connectivity index (χ3v) is 6.00. The molecule has 0 radical (unpaired) electrons. The number of carboxylic acids is 2. The van der Waals surface area contributed by atoms with Gasteiger partial charge < -0.3 is 10.2 Å². The van der Waals surface area contributed by atoms with Crippen molar-refractivity contribution < 1.29 is 29.3 Å². The van der Waals surface area contributed by atoms with Crippen molar-refractivity contribution in [1.29, 1.82) is 0 Å². The summed E-state index contributed by atoms with van der Waals surface area (Å²) in [4.78, 5) is 36.9. The summed E-state index contributed by atoms with van der Waals surface area (Å²) < 4.78 is 6.75. The van der Waals surface area contributed by atoms with Crippen molar-refractivity contribution in [3.8, 4) is 5.75 Å². The molecule has 1 aliphatic heterocycles. The Morgan fingerprint density at radius 2 is 1.71 bits per heavy atom. The first-order chi connectivity index (χ1) is 16.2. The predicted molar refractivity (Wildman–Crippen MR) is 134 cm³/mol. The van der Waals surface area contributed by atoms with Crippen LogP contribution >= 0.6 is 11.8 Å². The molecule has 1 aliphatic rings. The van der Waals surface area contributed by atoms with Crippen molar-refractivity contribution in [2.75, 3.05) is 11.9 Å². The number of carbonyl (C=O) groups is 3. The second-order valence-electron chi connectivity index (χ2n) is 7.26. The molecular weight excluding hydrogens is 467 g/mol. The van der Waals surface area contributed by atoms with Gasteiger partial charge in [0, 0.05) is 6.92 Å². The molecule has 3 N–H and O–H groups in total. The molecule has 0 aliphatic carbocycles. The van der Waals surface area contributed by atoms with E-state index in [4.69, 9.17) is 19.7 Å². The van der Waals surface area contributed by atoms with Crippen LogP contribution in [0.15, 0.2) is 70.6 Å². The number of aliphatic imine (C=N–C) groups is 1. The predicted octanol–water partition coefficient (Wildman–Crippen LogP) is 3.27. The first-order valence-electron chi connectivity index (χ1n) is 10.1. The number of fused-ring (bicyclic) bond motifs is 1. The van der Waals surface area contributed by atoms with Crippen molar-refractivity contribution >= 4 is 88.1 Å². The first-order valence-corrected chi connectivity index (χ1v) is 12.0. The van der Waals surface area contributed by atoms with E-state index in [9.17, 15) is 9.59 Å². The second kappa shape index (κ2) is 11.8. The van der Waals surface area contributed by atoms with E-state index in [1.165, 1.54) is 14.6 Å². The Balaban J connectivity index is 0.000000751. The molecule has 0 unspecified atom stereocenters. The Labute approximate surface area is 217 Å². The zero-order valence-electron chi connectivity index (χ0n) is 18.4. The molecule has 10 heteroatoms. The van der Waals surface area contributed by atoms with Gasteiger partial charge in [0.25, 0.3) is 5.97 Å². The summed E-state index contributed by atoms with van der Waals surface area (Å²) in [6.07, 6.45) is 1.69. The molecule has 0 saturated carbocycles. The number of amides is 1. The van der Waals surface area contributed by atoms with Crippen molar-refractivity contribution in [2.24, 2.45) is 4.99 Å². The third kappa shape index (κ3) is 7.46. The SMILES string of the molecule is CC(=O)O.O=C(O)COc1cc2ccccc2cc1C=C1SC(Nc2cc[c]([Na])cc2)=NC1=O. The summed E-state index contributed by atoms with van der Waals surface area (Å²) in [6.45, 7) is 0.620. The van der Waals surface area contributed by atoms with E-state index in [2.05, 4.69) is 10.3 Å². The second-order valence-corrected chi connectivity index (χ2v) is 9.45. The van der Waals surface area contributed by atoms with Gasteiger partial charge in [-0.25, -0.2) is 4.79 Å². The molecule has 0 aromatic heterocycles. The molecule has 34 heavy (non-hydrogen) atoms. The van der Waals surface area contributed by atoms with Gasteiger partial charge in [-0.1, -0.05) is 24.3 Å². The Kier molecular flexibility index (Phi) is 8.89. The number of thioether (sulfide) groups is 1. The fourth-order valence-electron chi connectivity index (χ4n) is 2.98. The van der Waals surface area contributed by atoms with Crippen LogP contribution in [0.1, 0.15) is 12.5 Å². The molecule has 1 amide bonds. The van der Waals surface area contributed by atoms with Gasteiger partial charge in [0.15, 0.2) is 6.61 Å². The molecule has 0 fully saturated rings. The number of nitrogens with zero attached hydrogens (tertiary/aromatic N) is 1. The Morgan fingerprint density at radius 3 is 2.32 bits per heavy atom. The fraction of sp³-hybridized carbons (Fsp3) is 0.0833. The van der Waals surface area contributed by atoms with Crippen LogP contribution in [0.3, 0.4) is 0 Å². The summed E-state index contributed by atoms with van der Waals surface area (Å²) in [5.74, 6) is -1.84. The van der Waals surface area contributed by atoms with Crippen LogP contribution in [0.4, 0.5) is 5.69 Å². The number of carboxylic acid groups (broad SMARTS) is 2. The number of hydrogen-bond acceptors (Lipinski definition) is 6. The van der Waals surface area contributed by atoms with Crippen molar-refractivity contribution in [3.63, 3.8) is 0 Å². The Bertz CT molecular complexity index is 1300. The van der Waals surface area contributed by atoms with Crippen LogP contribution in [0.25, 0.3) is 16.8 Å². The van der Waals surface area contributed by atoms with Gasteiger partial charge in [0.1, 0.15) is 0 Å². The fourth-order valence-corrected chi connectivity index (χ4v) is 4.14. The van der Waals surface area contributed by atoms with Gasteiger partial charge in [0.2, 0.25) is 0 Å². The minimum atomic E-state index is -1.07. The molecule has 8 nitrogen and oxygen atoms in total. The Morgan fingerprint density at radius 1 is 1.09 bits per heavy atom. The molecule has 3 aromatic carbocycles. The van der Waals surface area contributed by atoms with Gasteiger partial charge in [-0.15, -0.1) is 0 Å². The van der Waals surface area contributed by atoms with Crippen LogP contribution in [0.5, 0.6) is 5.75 Å². The molecule has 0 atom stereocenters. The summed E-state index contributed by atoms with van der Waals surface area (Å²) in [7, 11) is 0. The number of amidine groups is 1. The van der Waals surface area contributed by atoms with Crippen LogP contribution in [-0.2, 0) is 14.4 Å². The molecule has 1 heterocycles. The average molecular weight is 486 g/mol. The van der Waals surface area contributed by atoms with E-state index in [1.54, 1.807) is 12.1 Å². The van der Waals surface area contributed by atoms with E-state index >= 15 is 0 Å². The van der Waals surface area contributed by atoms with Crippen LogP contribution in [0, 0.1) is 0 Å². The third-order valence-electron chi connectivity index (χ3n) is 4.44. The van der Waals surface area contributed by atoms with E-state index in [0.717, 1.165) is 51.3 Å². The van der Waals surface area contributed by atoms with E-state index < -0.39 is 18.5 Å². The summed E-state index contributed by atoms with van der Waals surface area (Å²) in [6, 6.07) is 19.3. The number of carbonyl (C=O) groups excluding carboxylic acids is 1. The quantitative estimate of drug-likeness (QED) is 0.371. The molecule has 0 spiro atoms. The van der Waals surface area contributed by atoms with Crippen molar-refractivity contribution in [2.45, 2.75) is 6.92 Å². The standard InChI is InChI=1S/C22H15N2O4S.C2H4O2.Na/c25-20(26)13-28-18-11-15-7-5-4-6-14(15)10-16(18)12-19-21(27)24-22(29-19)23-17-8-2-1-3-9-17;1-2(3)4;/h2-12H,13H2,(H,25,26)(H,23,24,27);1H3,(H,3,4);. The topological polar surface area (TPSA) is 125 Å². The van der Waals surface area contributed by atoms with Gasteiger partial charge >= 0.3 is 149 Å². The normalized spacial score (nSPS) is 13.8. The summed E-state index contributed by atoms with van der Waals surface area (Å²) in [5, 5.41) is 21.9. The maximum atomic E-state index is 12.4.